The lowest BCUT2D eigenvalue weighted by Crippen LogP contribution is -2.58. The number of guanidine groups is 1. The molecular weight excluding hydrogens is 474 g/mol. The molecule has 0 bridgehead atoms. The molecule has 0 heterocycles. The van der Waals surface area contributed by atoms with Gasteiger partial charge >= 0.3 is 5.97 Å². The molecule has 0 aliphatic carbocycles. The van der Waals surface area contributed by atoms with E-state index in [9.17, 15) is 24.3 Å². The number of amides is 3. The molecule has 0 aromatic heterocycles. The maximum atomic E-state index is 13.1. The van der Waals surface area contributed by atoms with E-state index < -0.39 is 47.9 Å². The van der Waals surface area contributed by atoms with Crippen molar-refractivity contribution < 1.29 is 24.3 Å². The summed E-state index contributed by atoms with van der Waals surface area (Å²) in [6.07, 6.45) is 3.38. The fourth-order valence-corrected chi connectivity index (χ4v) is 3.57. The van der Waals surface area contributed by atoms with Crippen molar-refractivity contribution in [2.24, 2.45) is 34.0 Å². The zero-order valence-corrected chi connectivity index (χ0v) is 22.2. The molecule has 3 amide bonds. The summed E-state index contributed by atoms with van der Waals surface area (Å²) < 4.78 is 0. The number of carbonyl (C=O) groups excluding carboxylic acids is 3. The van der Waals surface area contributed by atoms with Gasteiger partial charge in [0.15, 0.2) is 5.96 Å². The fraction of sp³-hybridized carbons (Fsp3) is 0.773. The maximum absolute atomic E-state index is 13.1. The first-order chi connectivity index (χ1) is 16.3. The average molecular weight is 518 g/mol. The molecule has 0 rings (SSSR count). The predicted octanol–water partition coefficient (Wildman–Crippen LogP) is -0.638. The summed E-state index contributed by atoms with van der Waals surface area (Å²) in [6.45, 7) is 7.46. The Hall–Kier alpha value is -2.54. The van der Waals surface area contributed by atoms with Gasteiger partial charge in [-0.1, -0.05) is 34.1 Å². The Morgan fingerprint density at radius 3 is 2.03 bits per heavy atom. The molecule has 0 radical (unpaired) electrons. The number of nitrogens with two attached hydrogens (primary N) is 3. The van der Waals surface area contributed by atoms with Crippen molar-refractivity contribution in [1.29, 1.82) is 0 Å². The van der Waals surface area contributed by atoms with Crippen molar-refractivity contribution in [3.63, 3.8) is 0 Å². The Bertz CT molecular complexity index is 731. The van der Waals surface area contributed by atoms with Gasteiger partial charge in [-0.2, -0.15) is 11.8 Å². The second kappa shape index (κ2) is 17.0. The molecule has 0 aromatic carbocycles. The van der Waals surface area contributed by atoms with E-state index in [0.717, 1.165) is 0 Å². The SMILES string of the molecule is CCC(C)C(N)C(=O)NC(CCCN=C(N)N)C(=O)NC(C(=O)NC(CCSC)C(=O)O)C(C)C. The van der Waals surface area contributed by atoms with Gasteiger partial charge < -0.3 is 38.3 Å². The van der Waals surface area contributed by atoms with Crippen LogP contribution in [0, 0.1) is 11.8 Å². The number of nitrogens with one attached hydrogen (secondary N) is 3. The zero-order valence-electron chi connectivity index (χ0n) is 21.4. The lowest BCUT2D eigenvalue weighted by atomic mass is 9.98. The molecule has 202 valence electrons. The summed E-state index contributed by atoms with van der Waals surface area (Å²) in [6, 6.07) is -3.85. The molecule has 0 spiro atoms. The number of rotatable bonds is 17. The van der Waals surface area contributed by atoms with Gasteiger partial charge in [0.1, 0.15) is 18.1 Å². The molecule has 0 aliphatic rings. The van der Waals surface area contributed by atoms with Crippen LogP contribution < -0.4 is 33.2 Å². The molecule has 5 unspecified atom stereocenters. The minimum atomic E-state index is -1.15. The van der Waals surface area contributed by atoms with Crippen LogP contribution in [-0.2, 0) is 19.2 Å². The first kappa shape index (κ1) is 32.5. The van der Waals surface area contributed by atoms with E-state index in [2.05, 4.69) is 20.9 Å². The number of aliphatic imine (C=N–C) groups is 1. The van der Waals surface area contributed by atoms with Crippen LogP contribution in [-0.4, -0.2) is 77.5 Å². The van der Waals surface area contributed by atoms with Crippen LogP contribution in [0.5, 0.6) is 0 Å². The van der Waals surface area contributed by atoms with Crippen LogP contribution in [0.15, 0.2) is 4.99 Å². The van der Waals surface area contributed by atoms with E-state index in [0.29, 0.717) is 18.6 Å². The number of thioether (sulfide) groups is 1. The van der Waals surface area contributed by atoms with Crippen molar-refractivity contribution in [1.82, 2.24) is 16.0 Å². The molecule has 0 aliphatic heterocycles. The number of hydrogen-bond donors (Lipinski definition) is 7. The first-order valence-corrected chi connectivity index (χ1v) is 13.2. The summed E-state index contributed by atoms with van der Waals surface area (Å²) in [5, 5.41) is 17.3. The Kier molecular flexibility index (Phi) is 15.7. The molecule has 5 atom stereocenters. The van der Waals surface area contributed by atoms with Gasteiger partial charge in [0.2, 0.25) is 17.7 Å². The number of nitrogens with zero attached hydrogens (tertiary/aromatic N) is 1. The normalized spacial score (nSPS) is 15.3. The Labute approximate surface area is 212 Å². The quantitative estimate of drug-likeness (QED) is 0.0740. The summed E-state index contributed by atoms with van der Waals surface area (Å²) in [5.41, 5.74) is 16.7. The Morgan fingerprint density at radius 1 is 0.943 bits per heavy atom. The molecule has 0 aromatic rings. The first-order valence-electron chi connectivity index (χ1n) is 11.8. The lowest BCUT2D eigenvalue weighted by Gasteiger charge is -2.27. The molecule has 35 heavy (non-hydrogen) atoms. The second-order valence-electron chi connectivity index (χ2n) is 8.83. The van der Waals surface area contributed by atoms with Crippen molar-refractivity contribution in [2.45, 2.75) is 77.5 Å². The van der Waals surface area contributed by atoms with Crippen molar-refractivity contribution in [3.8, 4) is 0 Å². The summed E-state index contributed by atoms with van der Waals surface area (Å²) in [4.78, 5) is 54.0. The standard InChI is InChI=1S/C22H43N7O5S/c1-6-13(4)16(23)19(31)27-14(8-7-10-26-22(24)25)18(30)29-17(12(2)3)20(32)28-15(21(33)34)9-11-35-5/h12-17H,6-11,23H2,1-5H3,(H,27,31)(H,28,32)(H,29,30)(H,33,34)(H4,24,25,26). The molecule has 0 saturated carbocycles. The highest BCUT2D eigenvalue weighted by Crippen LogP contribution is 2.09. The molecule has 0 saturated heterocycles. The van der Waals surface area contributed by atoms with Crippen molar-refractivity contribution in [2.75, 3.05) is 18.6 Å². The molecule has 13 heteroatoms. The monoisotopic (exact) mass is 517 g/mol. The van der Waals surface area contributed by atoms with E-state index in [4.69, 9.17) is 17.2 Å². The summed E-state index contributed by atoms with van der Waals surface area (Å²) in [5.74, 6) is -2.78. The largest absolute Gasteiger partial charge is 0.480 e. The third kappa shape index (κ3) is 12.6. The van der Waals surface area contributed by atoms with Gasteiger partial charge in [-0.3, -0.25) is 19.4 Å². The van der Waals surface area contributed by atoms with Gasteiger partial charge in [0, 0.05) is 6.54 Å². The van der Waals surface area contributed by atoms with E-state index in [-0.39, 0.29) is 37.2 Å². The summed E-state index contributed by atoms with van der Waals surface area (Å²) >= 11 is 1.47. The molecule has 12 nitrogen and oxygen atoms in total. The van der Waals surface area contributed by atoms with Crippen LogP contribution in [0.3, 0.4) is 0 Å². The number of carboxylic acid groups (broad SMARTS) is 1. The minimum absolute atomic E-state index is 0.0835. The van der Waals surface area contributed by atoms with Crippen LogP contribution in [0.4, 0.5) is 0 Å². The number of carbonyl (C=O) groups is 4. The second-order valence-corrected chi connectivity index (χ2v) is 9.82. The van der Waals surface area contributed by atoms with Gasteiger partial charge in [0.05, 0.1) is 6.04 Å². The topological polar surface area (TPSA) is 215 Å². The van der Waals surface area contributed by atoms with Crippen molar-refractivity contribution >= 4 is 41.4 Å². The number of hydrogen-bond acceptors (Lipinski definition) is 7. The van der Waals surface area contributed by atoms with E-state index in [1.165, 1.54) is 11.8 Å². The third-order valence-electron chi connectivity index (χ3n) is 5.61. The highest BCUT2D eigenvalue weighted by atomic mass is 32.2. The van der Waals surface area contributed by atoms with Crippen LogP contribution in [0.2, 0.25) is 0 Å². The van der Waals surface area contributed by atoms with Gasteiger partial charge in [-0.05, 0) is 43.1 Å². The van der Waals surface area contributed by atoms with Crippen LogP contribution in [0.1, 0.15) is 53.4 Å². The zero-order chi connectivity index (χ0) is 27.1. The Balaban J connectivity index is 5.53. The molecule has 0 fully saturated rings. The molecular formula is C22H43N7O5S. The van der Waals surface area contributed by atoms with Gasteiger partial charge in [-0.25, -0.2) is 4.79 Å². The average Bonchev–Trinajstić information content (AvgIpc) is 2.79. The lowest BCUT2D eigenvalue weighted by molar-refractivity contribution is -0.142. The van der Waals surface area contributed by atoms with E-state index >= 15 is 0 Å². The van der Waals surface area contributed by atoms with Gasteiger partial charge in [0.25, 0.3) is 0 Å². The fourth-order valence-electron chi connectivity index (χ4n) is 3.10. The van der Waals surface area contributed by atoms with Crippen LogP contribution >= 0.6 is 11.8 Å². The number of aliphatic carboxylic acids is 1. The van der Waals surface area contributed by atoms with Crippen LogP contribution in [0.25, 0.3) is 0 Å². The van der Waals surface area contributed by atoms with Gasteiger partial charge in [-0.15, -0.1) is 0 Å². The van der Waals surface area contributed by atoms with E-state index in [1.54, 1.807) is 13.8 Å². The maximum Gasteiger partial charge on any atom is 0.326 e. The number of carboxylic acids is 1. The third-order valence-corrected chi connectivity index (χ3v) is 6.25. The summed E-state index contributed by atoms with van der Waals surface area (Å²) in [7, 11) is 0. The van der Waals surface area contributed by atoms with Crippen molar-refractivity contribution in [3.05, 3.63) is 0 Å². The highest BCUT2D eigenvalue weighted by Gasteiger charge is 2.32. The predicted molar refractivity (Wildman–Crippen MR) is 139 cm³/mol. The smallest absolute Gasteiger partial charge is 0.326 e. The van der Waals surface area contributed by atoms with E-state index in [1.807, 2.05) is 20.1 Å². The molecule has 10 N–H and O–H groups in total. The minimum Gasteiger partial charge on any atom is -0.480 e. The highest BCUT2D eigenvalue weighted by molar-refractivity contribution is 7.98. The Morgan fingerprint density at radius 2 is 1.54 bits per heavy atom.